The van der Waals surface area contributed by atoms with E-state index in [1.807, 2.05) is 60.7 Å². The summed E-state index contributed by atoms with van der Waals surface area (Å²) in [4.78, 5) is 14.9. The highest BCUT2D eigenvalue weighted by Crippen LogP contribution is 2.49. The van der Waals surface area contributed by atoms with Crippen molar-refractivity contribution < 1.29 is 0 Å². The van der Waals surface area contributed by atoms with Gasteiger partial charge >= 0.3 is 0 Å². The summed E-state index contributed by atoms with van der Waals surface area (Å²) in [6.07, 6.45) is 11.1. The Morgan fingerprint density at radius 1 is 0.627 bits per heavy atom. The Morgan fingerprint density at radius 3 is 2.12 bits per heavy atom. The van der Waals surface area contributed by atoms with Crippen LogP contribution in [0.1, 0.15) is 12.7 Å². The van der Waals surface area contributed by atoms with Gasteiger partial charge in [-0.25, -0.2) is 15.0 Å². The van der Waals surface area contributed by atoms with Crippen molar-refractivity contribution in [3.63, 3.8) is 0 Å². The lowest BCUT2D eigenvalue weighted by atomic mass is 9.95. The molecular weight excluding hydrogens is 641 g/mol. The Bertz CT molecular complexity index is 3100. The standard InChI is InChI=1S/C46H28N4S/c1-3-5-15-28(4-2)44-47-45(29-16-7-6-8-17-29)49-46(48-44)31-19-13-18-30(26-31)32-22-14-25-38-40(32)42-39(51-38)27-35-33-20-9-11-23-36(33)50-37-24-12-10-21-34(37)41(42)43(35)50/h1,4-27H,2H3/b15-5-,28-4+. The van der Waals surface area contributed by atoms with Gasteiger partial charge in [-0.15, -0.1) is 17.8 Å². The molecule has 0 saturated heterocycles. The predicted molar refractivity (Wildman–Crippen MR) is 215 cm³/mol. The normalized spacial score (nSPS) is 12.4. The van der Waals surface area contributed by atoms with Crippen LogP contribution in [0.15, 0.2) is 146 Å². The second kappa shape index (κ2) is 11.5. The Kier molecular flexibility index (Phi) is 6.60. The molecular formula is C46H28N4S. The van der Waals surface area contributed by atoms with Crippen molar-refractivity contribution in [3.8, 4) is 46.2 Å². The second-order valence-electron chi connectivity index (χ2n) is 12.7. The van der Waals surface area contributed by atoms with Gasteiger partial charge in [0, 0.05) is 58.4 Å². The number of nitrogens with zero attached hydrogens (tertiary/aromatic N) is 4. The molecule has 5 heteroatoms. The maximum Gasteiger partial charge on any atom is 0.164 e. The largest absolute Gasteiger partial charge is 0.308 e. The van der Waals surface area contributed by atoms with Crippen LogP contribution in [0.5, 0.6) is 0 Å². The lowest BCUT2D eigenvalue weighted by Crippen LogP contribution is -2.02. The average molecular weight is 669 g/mol. The zero-order valence-electron chi connectivity index (χ0n) is 27.6. The van der Waals surface area contributed by atoms with Crippen LogP contribution in [0.2, 0.25) is 0 Å². The van der Waals surface area contributed by atoms with Crippen LogP contribution in [-0.2, 0) is 0 Å². The molecule has 238 valence electrons. The molecule has 0 bridgehead atoms. The van der Waals surface area contributed by atoms with E-state index in [0.717, 1.165) is 22.3 Å². The molecule has 0 radical (unpaired) electrons. The van der Waals surface area contributed by atoms with Crippen molar-refractivity contribution in [2.24, 2.45) is 0 Å². The van der Waals surface area contributed by atoms with Gasteiger partial charge in [0.1, 0.15) is 0 Å². The molecule has 10 aromatic rings. The van der Waals surface area contributed by atoms with Crippen molar-refractivity contribution in [2.75, 3.05) is 0 Å². The van der Waals surface area contributed by atoms with Crippen molar-refractivity contribution in [3.05, 3.63) is 151 Å². The maximum absolute atomic E-state index is 5.56. The third kappa shape index (κ3) is 4.44. The van der Waals surface area contributed by atoms with Gasteiger partial charge in [-0.3, -0.25) is 0 Å². The number of para-hydroxylation sites is 2. The molecule has 10 rings (SSSR count). The number of terminal acetylenes is 1. The lowest BCUT2D eigenvalue weighted by molar-refractivity contribution is 1.04. The minimum atomic E-state index is 0.574. The molecule has 0 atom stereocenters. The van der Waals surface area contributed by atoms with Crippen LogP contribution in [0.4, 0.5) is 0 Å². The summed E-state index contributed by atoms with van der Waals surface area (Å²) in [6, 6.07) is 45.3. The van der Waals surface area contributed by atoms with Gasteiger partial charge in [-0.1, -0.05) is 109 Å². The van der Waals surface area contributed by atoms with E-state index in [1.54, 1.807) is 6.08 Å². The molecule has 0 unspecified atom stereocenters. The van der Waals surface area contributed by atoms with Crippen molar-refractivity contribution in [1.82, 2.24) is 19.4 Å². The summed E-state index contributed by atoms with van der Waals surface area (Å²) in [5.41, 5.74) is 8.74. The number of fused-ring (bicyclic) bond motifs is 10. The Balaban J connectivity index is 1.23. The Morgan fingerprint density at radius 2 is 1.31 bits per heavy atom. The predicted octanol–water partition coefficient (Wildman–Crippen LogP) is 12.0. The fourth-order valence-electron chi connectivity index (χ4n) is 7.67. The third-order valence-corrected chi connectivity index (χ3v) is 11.0. The van der Waals surface area contributed by atoms with Crippen LogP contribution >= 0.6 is 11.3 Å². The monoisotopic (exact) mass is 668 g/mol. The van der Waals surface area contributed by atoms with Crippen LogP contribution in [0.3, 0.4) is 0 Å². The minimum absolute atomic E-state index is 0.574. The highest BCUT2D eigenvalue weighted by molar-refractivity contribution is 7.26. The highest BCUT2D eigenvalue weighted by atomic mass is 32.1. The van der Waals surface area contributed by atoms with Crippen molar-refractivity contribution >= 4 is 75.2 Å². The molecule has 4 aromatic heterocycles. The van der Waals surface area contributed by atoms with E-state index >= 15 is 0 Å². The number of hydrogen-bond acceptors (Lipinski definition) is 4. The van der Waals surface area contributed by atoms with E-state index in [9.17, 15) is 0 Å². The van der Waals surface area contributed by atoms with Crippen LogP contribution in [0.25, 0.3) is 97.7 Å². The number of allylic oxidation sites excluding steroid dienone is 4. The molecule has 6 aromatic carbocycles. The molecule has 4 heterocycles. The van der Waals surface area contributed by atoms with Crippen LogP contribution in [-0.4, -0.2) is 19.4 Å². The molecule has 0 spiro atoms. The molecule has 4 nitrogen and oxygen atoms in total. The molecule has 0 fully saturated rings. The van der Waals surface area contributed by atoms with Crippen molar-refractivity contribution in [1.29, 1.82) is 0 Å². The minimum Gasteiger partial charge on any atom is -0.308 e. The zero-order valence-corrected chi connectivity index (χ0v) is 28.4. The number of aromatic nitrogens is 4. The molecule has 0 amide bonds. The number of rotatable bonds is 5. The first kappa shape index (κ1) is 29.3. The first-order valence-electron chi connectivity index (χ1n) is 16.9. The second-order valence-corrected chi connectivity index (χ2v) is 13.8. The van der Waals surface area contributed by atoms with E-state index in [0.29, 0.717) is 17.5 Å². The molecule has 0 N–H and O–H groups in total. The van der Waals surface area contributed by atoms with Crippen LogP contribution in [0, 0.1) is 12.3 Å². The maximum atomic E-state index is 5.56. The van der Waals surface area contributed by atoms with E-state index < -0.39 is 0 Å². The fourth-order valence-corrected chi connectivity index (χ4v) is 8.85. The first-order valence-corrected chi connectivity index (χ1v) is 17.8. The fraction of sp³-hybridized carbons (Fsp3) is 0.0217. The Hall–Kier alpha value is -6.61. The van der Waals surface area contributed by atoms with Gasteiger partial charge in [0.15, 0.2) is 17.5 Å². The van der Waals surface area contributed by atoms with Crippen LogP contribution < -0.4 is 0 Å². The lowest BCUT2D eigenvalue weighted by Gasteiger charge is -2.11. The number of hydrogen-bond donors (Lipinski definition) is 0. The highest BCUT2D eigenvalue weighted by Gasteiger charge is 2.23. The molecule has 0 aliphatic rings. The first-order chi connectivity index (χ1) is 25.2. The summed E-state index contributed by atoms with van der Waals surface area (Å²) < 4.78 is 5.02. The topological polar surface area (TPSA) is 43.1 Å². The van der Waals surface area contributed by atoms with E-state index in [-0.39, 0.29) is 0 Å². The van der Waals surface area contributed by atoms with Gasteiger partial charge in [-0.05, 0) is 60.5 Å². The molecule has 0 saturated carbocycles. The SMILES string of the molecule is C#C/C=C\C(=C/C)c1nc(-c2ccccc2)nc(-c2cccc(-c3cccc4sc5cc6c7ccccc7n7c8ccccc8c(c5c34)c67)c2)n1. The summed E-state index contributed by atoms with van der Waals surface area (Å²) in [5.74, 6) is 4.38. The molecule has 51 heavy (non-hydrogen) atoms. The van der Waals surface area contributed by atoms with E-state index in [1.165, 1.54) is 63.8 Å². The Labute approximate surface area is 298 Å². The summed E-state index contributed by atoms with van der Waals surface area (Å²) in [5, 5.41) is 7.77. The van der Waals surface area contributed by atoms with E-state index in [2.05, 4.69) is 107 Å². The van der Waals surface area contributed by atoms with Gasteiger partial charge < -0.3 is 4.40 Å². The summed E-state index contributed by atoms with van der Waals surface area (Å²) in [6.45, 7) is 1.96. The summed E-state index contributed by atoms with van der Waals surface area (Å²) >= 11 is 1.87. The van der Waals surface area contributed by atoms with Crippen molar-refractivity contribution in [2.45, 2.75) is 6.92 Å². The third-order valence-electron chi connectivity index (χ3n) is 9.86. The average Bonchev–Trinajstić information content (AvgIpc) is 3.85. The molecule has 0 aliphatic carbocycles. The van der Waals surface area contributed by atoms with E-state index in [4.69, 9.17) is 21.4 Å². The smallest absolute Gasteiger partial charge is 0.164 e. The quantitative estimate of drug-likeness (QED) is 0.135. The molecule has 0 aliphatic heterocycles. The number of benzene rings is 6. The number of thiophene rings is 1. The van der Waals surface area contributed by atoms with Gasteiger partial charge in [0.25, 0.3) is 0 Å². The van der Waals surface area contributed by atoms with Gasteiger partial charge in [0.05, 0.1) is 16.6 Å². The van der Waals surface area contributed by atoms with Gasteiger partial charge in [-0.2, -0.15) is 0 Å². The van der Waals surface area contributed by atoms with Gasteiger partial charge in [0.2, 0.25) is 0 Å². The zero-order chi connectivity index (χ0) is 34.1. The summed E-state index contributed by atoms with van der Waals surface area (Å²) in [7, 11) is 0.